The third kappa shape index (κ3) is 3.18. The molecule has 0 saturated heterocycles. The second-order valence-corrected chi connectivity index (χ2v) is 3.26. The maximum atomic E-state index is 10.9. The van der Waals surface area contributed by atoms with E-state index in [-0.39, 0.29) is 23.1 Å². The van der Waals surface area contributed by atoms with Crippen LogP contribution in [0.15, 0.2) is 29.8 Å². The molecule has 0 heterocycles. The first-order valence-electron chi connectivity index (χ1n) is 4.03. The summed E-state index contributed by atoms with van der Waals surface area (Å²) in [5.41, 5.74) is 0.538. The molecular formula is C10H9ClO4. The van der Waals surface area contributed by atoms with Gasteiger partial charge in [-0.05, 0) is 17.7 Å². The number of ether oxygens (including phenoxy) is 1. The summed E-state index contributed by atoms with van der Waals surface area (Å²) in [6.45, 7) is 3.16. The fraction of sp³-hybridized carbons (Fsp3) is 0.100. The van der Waals surface area contributed by atoms with Crippen molar-refractivity contribution in [3.05, 3.63) is 35.4 Å². The van der Waals surface area contributed by atoms with Crippen LogP contribution in [-0.4, -0.2) is 16.2 Å². The van der Waals surface area contributed by atoms with Crippen molar-refractivity contribution in [3.8, 4) is 11.5 Å². The fourth-order valence-electron chi connectivity index (χ4n) is 0.886. The second-order valence-electron chi connectivity index (χ2n) is 2.80. The van der Waals surface area contributed by atoms with Gasteiger partial charge in [-0.3, -0.25) is 0 Å². The molecule has 0 aliphatic heterocycles. The molecule has 0 spiro atoms. The van der Waals surface area contributed by atoms with Crippen LogP contribution in [0.1, 0.15) is 5.56 Å². The standard InChI is InChI=1S/C10H9ClO4/c1-6(11)10(14)15-5-7-2-3-8(12)9(13)4-7/h2-4,12-13H,1,5H2. The van der Waals surface area contributed by atoms with Gasteiger partial charge in [-0.1, -0.05) is 24.2 Å². The van der Waals surface area contributed by atoms with Gasteiger partial charge in [0.1, 0.15) is 11.6 Å². The van der Waals surface area contributed by atoms with Crippen LogP contribution in [-0.2, 0) is 16.1 Å². The molecule has 1 aromatic carbocycles. The third-order valence-corrected chi connectivity index (χ3v) is 1.79. The van der Waals surface area contributed by atoms with E-state index in [0.29, 0.717) is 5.56 Å². The zero-order valence-corrected chi connectivity index (χ0v) is 8.49. The molecule has 0 unspecified atom stereocenters. The Morgan fingerprint density at radius 1 is 1.40 bits per heavy atom. The molecule has 1 aromatic rings. The smallest absolute Gasteiger partial charge is 0.349 e. The highest BCUT2D eigenvalue weighted by atomic mass is 35.5. The summed E-state index contributed by atoms with van der Waals surface area (Å²) in [7, 11) is 0. The SMILES string of the molecule is C=C(Cl)C(=O)OCc1ccc(O)c(O)c1. The minimum Gasteiger partial charge on any atom is -0.504 e. The minimum atomic E-state index is -0.718. The monoisotopic (exact) mass is 228 g/mol. The largest absolute Gasteiger partial charge is 0.504 e. The predicted molar refractivity (Wildman–Crippen MR) is 54.6 cm³/mol. The van der Waals surface area contributed by atoms with E-state index in [1.165, 1.54) is 18.2 Å². The molecule has 1 rings (SSSR count). The maximum absolute atomic E-state index is 10.9. The predicted octanol–water partition coefficient (Wildman–Crippen LogP) is 1.89. The number of phenolic OH excluding ortho intramolecular Hbond substituents is 2. The second kappa shape index (κ2) is 4.70. The zero-order valence-electron chi connectivity index (χ0n) is 7.74. The first kappa shape index (κ1) is 11.4. The molecule has 0 aliphatic rings. The van der Waals surface area contributed by atoms with Crippen molar-refractivity contribution in [1.29, 1.82) is 0 Å². The van der Waals surface area contributed by atoms with E-state index in [4.69, 9.17) is 26.6 Å². The van der Waals surface area contributed by atoms with Crippen molar-refractivity contribution in [2.45, 2.75) is 6.61 Å². The van der Waals surface area contributed by atoms with Gasteiger partial charge in [0, 0.05) is 0 Å². The molecule has 0 bridgehead atoms. The number of hydrogen-bond donors (Lipinski definition) is 2. The lowest BCUT2D eigenvalue weighted by atomic mass is 10.2. The number of carbonyl (C=O) groups is 1. The van der Waals surface area contributed by atoms with Crippen molar-refractivity contribution >= 4 is 17.6 Å². The molecule has 0 amide bonds. The van der Waals surface area contributed by atoms with E-state index in [9.17, 15) is 4.79 Å². The maximum Gasteiger partial charge on any atom is 0.349 e. The summed E-state index contributed by atoms with van der Waals surface area (Å²) in [5.74, 6) is -1.22. The quantitative estimate of drug-likeness (QED) is 0.471. The lowest BCUT2D eigenvalue weighted by Crippen LogP contribution is -2.03. The van der Waals surface area contributed by atoms with Crippen LogP contribution < -0.4 is 0 Å². The molecule has 0 aliphatic carbocycles. The van der Waals surface area contributed by atoms with Gasteiger partial charge in [0.25, 0.3) is 0 Å². The van der Waals surface area contributed by atoms with Gasteiger partial charge in [-0.2, -0.15) is 0 Å². The van der Waals surface area contributed by atoms with Crippen LogP contribution in [0.25, 0.3) is 0 Å². The van der Waals surface area contributed by atoms with Crippen molar-refractivity contribution in [3.63, 3.8) is 0 Å². The number of aromatic hydroxyl groups is 2. The average Bonchev–Trinajstić information content (AvgIpc) is 2.19. The molecule has 0 radical (unpaired) electrons. The van der Waals surface area contributed by atoms with E-state index in [1.54, 1.807) is 0 Å². The first-order chi connectivity index (χ1) is 7.00. The van der Waals surface area contributed by atoms with Crippen molar-refractivity contribution < 1.29 is 19.7 Å². The van der Waals surface area contributed by atoms with Crippen LogP contribution in [0, 0.1) is 0 Å². The van der Waals surface area contributed by atoms with Crippen LogP contribution in [0.2, 0.25) is 0 Å². The molecule has 2 N–H and O–H groups in total. The van der Waals surface area contributed by atoms with Crippen molar-refractivity contribution in [2.75, 3.05) is 0 Å². The normalized spacial score (nSPS) is 9.67. The van der Waals surface area contributed by atoms with E-state index < -0.39 is 5.97 Å². The Balaban J connectivity index is 2.62. The topological polar surface area (TPSA) is 66.8 Å². The van der Waals surface area contributed by atoms with Gasteiger partial charge in [-0.15, -0.1) is 0 Å². The molecule has 80 valence electrons. The fourth-order valence-corrected chi connectivity index (χ4v) is 0.941. The van der Waals surface area contributed by atoms with Gasteiger partial charge in [0.2, 0.25) is 0 Å². The van der Waals surface area contributed by atoms with Gasteiger partial charge in [-0.25, -0.2) is 4.79 Å². The summed E-state index contributed by atoms with van der Waals surface area (Å²) >= 11 is 5.29. The summed E-state index contributed by atoms with van der Waals surface area (Å²) in [4.78, 5) is 10.9. The molecule has 0 atom stereocenters. The molecule has 0 aromatic heterocycles. The Hall–Kier alpha value is -1.68. The van der Waals surface area contributed by atoms with Crippen LogP contribution in [0.3, 0.4) is 0 Å². The summed E-state index contributed by atoms with van der Waals surface area (Å²) in [5, 5.41) is 17.9. The van der Waals surface area contributed by atoms with Gasteiger partial charge >= 0.3 is 5.97 Å². The number of benzene rings is 1. The lowest BCUT2D eigenvalue weighted by Gasteiger charge is -2.04. The Morgan fingerprint density at radius 3 is 2.60 bits per heavy atom. The number of halogens is 1. The van der Waals surface area contributed by atoms with E-state index in [2.05, 4.69) is 6.58 Å². The Bertz CT molecular complexity index is 400. The Labute approximate surface area is 91.4 Å². The van der Waals surface area contributed by atoms with E-state index >= 15 is 0 Å². The average molecular weight is 229 g/mol. The van der Waals surface area contributed by atoms with Gasteiger partial charge in [0.05, 0.1) is 0 Å². The van der Waals surface area contributed by atoms with Crippen molar-refractivity contribution in [1.82, 2.24) is 0 Å². The Kier molecular flexibility index (Phi) is 3.57. The zero-order chi connectivity index (χ0) is 11.4. The molecular weight excluding hydrogens is 220 g/mol. The van der Waals surface area contributed by atoms with Gasteiger partial charge in [0.15, 0.2) is 11.5 Å². The van der Waals surface area contributed by atoms with Gasteiger partial charge < -0.3 is 14.9 Å². The van der Waals surface area contributed by atoms with Crippen LogP contribution in [0.4, 0.5) is 0 Å². The summed E-state index contributed by atoms with van der Waals surface area (Å²) in [6.07, 6.45) is 0. The number of rotatable bonds is 3. The van der Waals surface area contributed by atoms with Crippen molar-refractivity contribution in [2.24, 2.45) is 0 Å². The highest BCUT2D eigenvalue weighted by molar-refractivity contribution is 6.40. The van der Waals surface area contributed by atoms with Crippen LogP contribution in [0.5, 0.6) is 11.5 Å². The minimum absolute atomic E-state index is 0.0432. The number of esters is 1. The number of carbonyl (C=O) groups excluding carboxylic acids is 1. The summed E-state index contributed by atoms with van der Waals surface area (Å²) in [6, 6.07) is 4.10. The molecule has 4 nitrogen and oxygen atoms in total. The molecule has 0 fully saturated rings. The third-order valence-electron chi connectivity index (χ3n) is 1.63. The first-order valence-corrected chi connectivity index (χ1v) is 4.41. The molecule has 0 saturated carbocycles. The van der Waals surface area contributed by atoms with E-state index in [0.717, 1.165) is 0 Å². The van der Waals surface area contributed by atoms with E-state index in [1.807, 2.05) is 0 Å². The number of phenols is 2. The van der Waals surface area contributed by atoms with Crippen LogP contribution >= 0.6 is 11.6 Å². The lowest BCUT2D eigenvalue weighted by molar-refractivity contribution is -0.139. The highest BCUT2D eigenvalue weighted by Gasteiger charge is 2.06. The Morgan fingerprint density at radius 2 is 2.07 bits per heavy atom. The molecule has 5 heteroatoms. The highest BCUT2D eigenvalue weighted by Crippen LogP contribution is 2.25. The molecule has 15 heavy (non-hydrogen) atoms. The summed E-state index contributed by atoms with van der Waals surface area (Å²) < 4.78 is 4.72. The number of hydrogen-bond acceptors (Lipinski definition) is 4.